The molecule has 0 aliphatic carbocycles. The van der Waals surface area contributed by atoms with Crippen molar-refractivity contribution in [3.8, 4) is 0 Å². The second-order valence-electron chi connectivity index (χ2n) is 7.58. The minimum Gasteiger partial charge on any atom is -0.772 e. The molecule has 2 aliphatic heterocycles. The molecule has 4 amide bonds. The van der Waals surface area contributed by atoms with Crippen molar-refractivity contribution in [2.75, 3.05) is 13.2 Å². The first-order valence-corrected chi connectivity index (χ1v) is 13.3. The van der Waals surface area contributed by atoms with Gasteiger partial charge in [0, 0.05) is 0 Å². The molecule has 3 atom stereocenters. The molecule has 2 fully saturated rings. The zero-order valence-electron chi connectivity index (χ0n) is 19.5. The number of carbonyl (C=O) groups excluding carboxylic acids is 8. The van der Waals surface area contributed by atoms with Crippen LogP contribution in [0.5, 0.6) is 0 Å². The van der Waals surface area contributed by atoms with Gasteiger partial charge in [0.25, 0.3) is 33.7 Å². The summed E-state index contributed by atoms with van der Waals surface area (Å²) in [7, 11) is -4.90. The summed E-state index contributed by atoms with van der Waals surface area (Å²) < 4.78 is 62.1. The van der Waals surface area contributed by atoms with E-state index in [-0.39, 0.29) is 10.1 Å². The van der Waals surface area contributed by atoms with Crippen molar-refractivity contribution >= 4 is 68.7 Å². The SMILES string of the molecule is O=C(CCC(=O)ON1C(=O)CC(S(=O)[O-])C1=O)OCCOC(=O)CCC(=O)ON1C(=O)CC(S(=O)(=O)O)C1=O. The number of carbonyl (C=O) groups is 8. The van der Waals surface area contributed by atoms with E-state index in [1.165, 1.54) is 0 Å². The van der Waals surface area contributed by atoms with Crippen LogP contribution in [-0.2, 0) is 78.7 Å². The fraction of sp³-hybridized carbons (Fsp3) is 0.556. The van der Waals surface area contributed by atoms with E-state index in [1.54, 1.807) is 0 Å². The summed E-state index contributed by atoms with van der Waals surface area (Å²) in [5, 5.41) is -3.92. The van der Waals surface area contributed by atoms with Crippen LogP contribution in [0.1, 0.15) is 38.5 Å². The topological polar surface area (TPSA) is 274 Å². The largest absolute Gasteiger partial charge is 0.772 e. The molecule has 0 aromatic carbocycles. The smallest absolute Gasteiger partial charge is 0.333 e. The zero-order chi connectivity index (χ0) is 29.5. The number of esters is 2. The fourth-order valence-corrected chi connectivity index (χ4v) is 4.14. The average Bonchev–Trinajstić information content (AvgIpc) is 3.29. The lowest BCUT2D eigenvalue weighted by Crippen LogP contribution is -2.36. The lowest BCUT2D eigenvalue weighted by Gasteiger charge is -2.14. The molecule has 0 bridgehead atoms. The summed E-state index contributed by atoms with van der Waals surface area (Å²) in [6.07, 6.45) is -4.14. The molecule has 0 aromatic heterocycles. The molecular weight excluding hydrogens is 580 g/mol. The van der Waals surface area contributed by atoms with Gasteiger partial charge in [-0.3, -0.25) is 37.5 Å². The normalized spacial score (nSPS) is 20.2. The summed E-state index contributed by atoms with van der Waals surface area (Å²) >= 11 is -2.90. The molecule has 39 heavy (non-hydrogen) atoms. The van der Waals surface area contributed by atoms with E-state index in [0.717, 1.165) is 0 Å². The van der Waals surface area contributed by atoms with Crippen molar-refractivity contribution < 1.29 is 79.2 Å². The monoisotopic (exact) mass is 599 g/mol. The Morgan fingerprint density at radius 1 is 0.795 bits per heavy atom. The van der Waals surface area contributed by atoms with Crippen LogP contribution < -0.4 is 0 Å². The van der Waals surface area contributed by atoms with Gasteiger partial charge in [-0.15, -0.1) is 10.1 Å². The number of rotatable bonds is 13. The Morgan fingerprint density at radius 3 is 1.59 bits per heavy atom. The Labute approximate surface area is 220 Å². The van der Waals surface area contributed by atoms with Crippen LogP contribution in [0.3, 0.4) is 0 Å². The van der Waals surface area contributed by atoms with E-state index in [9.17, 15) is 55.5 Å². The minimum absolute atomic E-state index is 0.000494. The number of hydroxylamine groups is 4. The van der Waals surface area contributed by atoms with Crippen LogP contribution >= 0.6 is 0 Å². The number of amides is 4. The van der Waals surface area contributed by atoms with Gasteiger partial charge in [0.15, 0.2) is 5.25 Å². The highest BCUT2D eigenvalue weighted by molar-refractivity contribution is 7.87. The van der Waals surface area contributed by atoms with Crippen molar-refractivity contribution in [1.82, 2.24) is 10.1 Å². The molecule has 19 nitrogen and oxygen atoms in total. The molecule has 2 aliphatic rings. The minimum atomic E-state index is -4.90. The van der Waals surface area contributed by atoms with Crippen molar-refractivity contribution in [3.63, 3.8) is 0 Å². The third-order valence-electron chi connectivity index (χ3n) is 4.78. The quantitative estimate of drug-likeness (QED) is 0.0708. The molecule has 216 valence electrons. The number of imide groups is 2. The van der Waals surface area contributed by atoms with E-state index in [4.69, 9.17) is 4.55 Å². The fourth-order valence-electron chi connectivity index (χ4n) is 2.90. The first-order chi connectivity index (χ1) is 18.1. The van der Waals surface area contributed by atoms with Crippen LogP contribution in [0.4, 0.5) is 0 Å². The van der Waals surface area contributed by atoms with Gasteiger partial charge >= 0.3 is 23.9 Å². The molecule has 0 spiro atoms. The number of hydrogen-bond acceptors (Lipinski definition) is 16. The van der Waals surface area contributed by atoms with Gasteiger partial charge in [-0.1, -0.05) is 0 Å². The molecule has 3 unspecified atom stereocenters. The van der Waals surface area contributed by atoms with Gasteiger partial charge in [0.1, 0.15) is 18.5 Å². The van der Waals surface area contributed by atoms with E-state index >= 15 is 0 Å². The van der Waals surface area contributed by atoms with Gasteiger partial charge in [-0.05, 0) is 11.1 Å². The lowest BCUT2D eigenvalue weighted by atomic mass is 10.3. The summed E-state index contributed by atoms with van der Waals surface area (Å²) in [6, 6.07) is 0. The van der Waals surface area contributed by atoms with Gasteiger partial charge in [0.2, 0.25) is 0 Å². The maximum Gasteiger partial charge on any atom is 0.333 e. The predicted octanol–water partition coefficient (Wildman–Crippen LogP) is -3.43. The highest BCUT2D eigenvalue weighted by Crippen LogP contribution is 2.20. The molecule has 2 heterocycles. The van der Waals surface area contributed by atoms with Crippen LogP contribution in [0.2, 0.25) is 0 Å². The molecule has 0 aromatic rings. The first kappa shape index (κ1) is 31.4. The zero-order valence-corrected chi connectivity index (χ0v) is 21.1. The van der Waals surface area contributed by atoms with Gasteiger partial charge < -0.3 is 23.7 Å². The Kier molecular flexibility index (Phi) is 10.7. The molecule has 2 saturated heterocycles. The predicted molar refractivity (Wildman–Crippen MR) is 114 cm³/mol. The lowest BCUT2D eigenvalue weighted by molar-refractivity contribution is -0.197. The Bertz CT molecular complexity index is 1210. The van der Waals surface area contributed by atoms with Gasteiger partial charge in [-0.25, -0.2) is 9.59 Å². The third-order valence-corrected chi connectivity index (χ3v) is 6.70. The van der Waals surface area contributed by atoms with Crippen LogP contribution in [0.25, 0.3) is 0 Å². The van der Waals surface area contributed by atoms with Crippen LogP contribution in [-0.4, -0.2) is 103 Å². The number of nitrogens with zero attached hydrogens (tertiary/aromatic N) is 2. The maximum atomic E-state index is 11.8. The summed E-state index contributed by atoms with van der Waals surface area (Å²) in [4.78, 5) is 102. The van der Waals surface area contributed by atoms with Crippen molar-refractivity contribution in [2.45, 2.75) is 49.0 Å². The van der Waals surface area contributed by atoms with E-state index < -0.39 is 131 Å². The Morgan fingerprint density at radius 2 is 1.21 bits per heavy atom. The van der Waals surface area contributed by atoms with E-state index in [1.807, 2.05) is 0 Å². The number of ether oxygens (including phenoxy) is 2. The number of hydrogen-bond donors (Lipinski definition) is 1. The maximum absolute atomic E-state index is 11.8. The van der Waals surface area contributed by atoms with Gasteiger partial charge in [-0.2, -0.15) is 8.42 Å². The first-order valence-electron chi connectivity index (χ1n) is 10.6. The van der Waals surface area contributed by atoms with Crippen LogP contribution in [0.15, 0.2) is 0 Å². The third kappa shape index (κ3) is 8.87. The second kappa shape index (κ2) is 13.3. The van der Waals surface area contributed by atoms with Crippen molar-refractivity contribution in [2.24, 2.45) is 0 Å². The highest BCUT2D eigenvalue weighted by Gasteiger charge is 2.48. The summed E-state index contributed by atoms with van der Waals surface area (Å²) in [5.41, 5.74) is 0. The Balaban J connectivity index is 1.60. The summed E-state index contributed by atoms with van der Waals surface area (Å²) in [5.74, 6) is -9.39. The van der Waals surface area contributed by atoms with E-state index in [0.29, 0.717) is 0 Å². The van der Waals surface area contributed by atoms with Gasteiger partial charge in [0.05, 0.1) is 38.5 Å². The average molecular weight is 599 g/mol. The molecule has 0 radical (unpaired) electrons. The molecule has 2 rings (SSSR count). The molecule has 0 saturated carbocycles. The summed E-state index contributed by atoms with van der Waals surface area (Å²) in [6.45, 7) is -0.953. The van der Waals surface area contributed by atoms with E-state index in [2.05, 4.69) is 19.1 Å². The second-order valence-corrected chi connectivity index (χ2v) is 10.3. The van der Waals surface area contributed by atoms with Crippen molar-refractivity contribution in [3.05, 3.63) is 0 Å². The molecule has 1 N–H and O–H groups in total. The molecular formula is C18H19N2O17S2-. The van der Waals surface area contributed by atoms with Crippen molar-refractivity contribution in [1.29, 1.82) is 0 Å². The standard InChI is InChI=1S/C18H20N2O17S2/c21-11-7-9(38(29)30)17(27)19(11)36-15(25)3-1-13(23)34-5-6-35-14(24)2-4-16(26)37-20-12(22)8-10(18(20)28)39(31,32)33/h9-10H,1-8H2,(H,29,30)(H,31,32,33)/p-1. The Hall–Kier alpha value is -3.82. The highest BCUT2D eigenvalue weighted by atomic mass is 32.2. The molecule has 21 heteroatoms. The van der Waals surface area contributed by atoms with Crippen LogP contribution in [0, 0.1) is 0 Å².